The molecule has 2 heterocycles. The first-order valence-corrected chi connectivity index (χ1v) is 9.85. The van der Waals surface area contributed by atoms with Crippen molar-refractivity contribution in [2.24, 2.45) is 0 Å². The summed E-state index contributed by atoms with van der Waals surface area (Å²) >= 11 is 7.12. The Bertz CT molecular complexity index is 948. The molecule has 7 nitrogen and oxygen atoms in total. The number of amides is 2. The van der Waals surface area contributed by atoms with Gasteiger partial charge < -0.3 is 10.6 Å². The molecule has 0 aliphatic heterocycles. The first-order valence-electron chi connectivity index (χ1n) is 8.66. The average molecular weight is 416 g/mol. The van der Waals surface area contributed by atoms with Gasteiger partial charge in [0.1, 0.15) is 5.01 Å². The maximum atomic E-state index is 12.2. The molecule has 0 bridgehead atoms. The molecule has 2 amide bonds. The summed E-state index contributed by atoms with van der Waals surface area (Å²) in [5, 5.41) is 15.0. The zero-order chi connectivity index (χ0) is 19.8. The van der Waals surface area contributed by atoms with Crippen LogP contribution in [0.4, 0.5) is 5.69 Å². The molecule has 1 aromatic carbocycles. The number of aromatic nitrogens is 3. The van der Waals surface area contributed by atoms with Gasteiger partial charge in [-0.1, -0.05) is 35.1 Å². The van der Waals surface area contributed by atoms with Gasteiger partial charge >= 0.3 is 0 Å². The summed E-state index contributed by atoms with van der Waals surface area (Å²) in [6, 6.07) is 12.5. The SMILES string of the molecule is O=C(CCCc1nnc(C(=O)Nc2cccc(Cl)c2)s1)NCc1ccccn1. The minimum Gasteiger partial charge on any atom is -0.350 e. The molecular weight excluding hydrogens is 398 g/mol. The van der Waals surface area contributed by atoms with Gasteiger partial charge in [-0.25, -0.2) is 0 Å². The Hall–Kier alpha value is -2.84. The van der Waals surface area contributed by atoms with Crippen LogP contribution in [-0.2, 0) is 17.8 Å². The summed E-state index contributed by atoms with van der Waals surface area (Å²) in [7, 11) is 0. The Kier molecular flexibility index (Phi) is 7.05. The maximum Gasteiger partial charge on any atom is 0.286 e. The molecular formula is C19H18ClN5O2S. The van der Waals surface area contributed by atoms with E-state index >= 15 is 0 Å². The van der Waals surface area contributed by atoms with Crippen molar-refractivity contribution >= 4 is 40.4 Å². The molecule has 28 heavy (non-hydrogen) atoms. The summed E-state index contributed by atoms with van der Waals surface area (Å²) < 4.78 is 0. The molecule has 0 saturated heterocycles. The number of benzene rings is 1. The van der Waals surface area contributed by atoms with Gasteiger partial charge in [0.15, 0.2) is 0 Å². The van der Waals surface area contributed by atoms with Crippen LogP contribution in [-0.4, -0.2) is 27.0 Å². The second-order valence-corrected chi connectivity index (χ2v) is 7.42. The summed E-state index contributed by atoms with van der Waals surface area (Å²) in [6.45, 7) is 0.409. The molecule has 9 heteroatoms. The van der Waals surface area contributed by atoms with Crippen LogP contribution in [0.2, 0.25) is 5.02 Å². The predicted molar refractivity (Wildman–Crippen MR) is 108 cm³/mol. The highest BCUT2D eigenvalue weighted by Gasteiger charge is 2.13. The molecule has 0 fully saturated rings. The Morgan fingerprint density at radius 1 is 1.11 bits per heavy atom. The molecule has 3 aromatic rings. The van der Waals surface area contributed by atoms with Crippen LogP contribution in [0.1, 0.15) is 33.3 Å². The summed E-state index contributed by atoms with van der Waals surface area (Å²) in [5.41, 5.74) is 1.41. The van der Waals surface area contributed by atoms with Gasteiger partial charge in [-0.3, -0.25) is 14.6 Å². The minimum atomic E-state index is -0.334. The minimum absolute atomic E-state index is 0.0471. The molecule has 3 rings (SSSR count). The zero-order valence-electron chi connectivity index (χ0n) is 14.9. The van der Waals surface area contributed by atoms with Crippen molar-refractivity contribution in [3.63, 3.8) is 0 Å². The van der Waals surface area contributed by atoms with Crippen molar-refractivity contribution in [2.75, 3.05) is 5.32 Å². The van der Waals surface area contributed by atoms with E-state index in [-0.39, 0.29) is 16.8 Å². The maximum absolute atomic E-state index is 12.2. The lowest BCUT2D eigenvalue weighted by Crippen LogP contribution is -2.22. The normalized spacial score (nSPS) is 10.5. The topological polar surface area (TPSA) is 96.9 Å². The molecule has 0 atom stereocenters. The number of halogens is 1. The fourth-order valence-electron chi connectivity index (χ4n) is 2.38. The van der Waals surface area contributed by atoms with Crippen LogP contribution in [0.5, 0.6) is 0 Å². The highest BCUT2D eigenvalue weighted by atomic mass is 35.5. The van der Waals surface area contributed by atoms with E-state index < -0.39 is 0 Å². The summed E-state index contributed by atoms with van der Waals surface area (Å²) in [4.78, 5) is 28.3. The quantitative estimate of drug-likeness (QED) is 0.587. The fourth-order valence-corrected chi connectivity index (χ4v) is 3.34. The smallest absolute Gasteiger partial charge is 0.286 e. The van der Waals surface area contributed by atoms with E-state index in [0.717, 1.165) is 5.69 Å². The molecule has 0 unspecified atom stereocenters. The van der Waals surface area contributed by atoms with Crippen molar-refractivity contribution in [3.05, 3.63) is 69.4 Å². The Morgan fingerprint density at radius 2 is 2.00 bits per heavy atom. The molecule has 0 saturated carbocycles. The Morgan fingerprint density at radius 3 is 2.79 bits per heavy atom. The first-order chi connectivity index (χ1) is 13.6. The van der Waals surface area contributed by atoms with Crippen LogP contribution >= 0.6 is 22.9 Å². The lowest BCUT2D eigenvalue weighted by Gasteiger charge is -2.03. The zero-order valence-corrected chi connectivity index (χ0v) is 16.5. The first kappa shape index (κ1) is 19.9. The second kappa shape index (κ2) is 9.91. The number of carbonyl (C=O) groups excluding carboxylic acids is 2. The van der Waals surface area contributed by atoms with Gasteiger partial charge in [0, 0.05) is 29.7 Å². The van der Waals surface area contributed by atoms with Crippen LogP contribution in [0, 0.1) is 0 Å². The number of rotatable bonds is 8. The van der Waals surface area contributed by atoms with Crippen molar-refractivity contribution in [1.29, 1.82) is 0 Å². The van der Waals surface area contributed by atoms with Gasteiger partial charge in [0.2, 0.25) is 10.9 Å². The van der Waals surface area contributed by atoms with E-state index in [4.69, 9.17) is 11.6 Å². The highest BCUT2D eigenvalue weighted by molar-refractivity contribution is 7.13. The van der Waals surface area contributed by atoms with Crippen molar-refractivity contribution < 1.29 is 9.59 Å². The molecule has 0 aliphatic rings. The predicted octanol–water partition coefficient (Wildman–Crippen LogP) is 3.48. The van der Waals surface area contributed by atoms with Crippen LogP contribution in [0.3, 0.4) is 0 Å². The molecule has 0 aliphatic carbocycles. The number of nitrogens with one attached hydrogen (secondary N) is 2. The Balaban J connectivity index is 1.41. The van der Waals surface area contributed by atoms with E-state index in [0.29, 0.717) is 41.5 Å². The van der Waals surface area contributed by atoms with E-state index in [9.17, 15) is 9.59 Å². The standard InChI is InChI=1S/C19H18ClN5O2S/c20-13-5-3-7-14(11-13)23-18(27)19-25-24-17(28-19)9-4-8-16(26)22-12-15-6-1-2-10-21-15/h1-3,5-7,10-11H,4,8-9,12H2,(H,22,26)(H,23,27). The number of hydrogen-bond acceptors (Lipinski definition) is 6. The molecule has 144 valence electrons. The molecule has 0 spiro atoms. The Labute approximate surface area is 171 Å². The number of carbonyl (C=O) groups is 2. The number of pyridine rings is 1. The van der Waals surface area contributed by atoms with Gasteiger partial charge in [0.05, 0.1) is 12.2 Å². The number of aryl methyl sites for hydroxylation is 1. The monoisotopic (exact) mass is 415 g/mol. The summed E-state index contributed by atoms with van der Waals surface area (Å²) in [6.07, 6.45) is 3.27. The van der Waals surface area contributed by atoms with Crippen molar-refractivity contribution in [1.82, 2.24) is 20.5 Å². The van der Waals surface area contributed by atoms with Gasteiger partial charge in [-0.15, -0.1) is 10.2 Å². The molecule has 0 radical (unpaired) electrons. The van der Waals surface area contributed by atoms with Crippen molar-refractivity contribution in [3.8, 4) is 0 Å². The number of hydrogen-bond donors (Lipinski definition) is 2. The van der Waals surface area contributed by atoms with Gasteiger partial charge in [0.25, 0.3) is 5.91 Å². The van der Waals surface area contributed by atoms with Crippen molar-refractivity contribution in [2.45, 2.75) is 25.8 Å². The van der Waals surface area contributed by atoms with E-state index in [1.165, 1.54) is 11.3 Å². The molecule has 2 N–H and O–H groups in total. The average Bonchev–Trinajstić information content (AvgIpc) is 3.16. The van der Waals surface area contributed by atoms with E-state index in [1.54, 1.807) is 30.5 Å². The second-order valence-electron chi connectivity index (χ2n) is 5.92. The third-order valence-electron chi connectivity index (χ3n) is 3.73. The largest absolute Gasteiger partial charge is 0.350 e. The number of anilines is 1. The van der Waals surface area contributed by atoms with E-state index in [2.05, 4.69) is 25.8 Å². The summed E-state index contributed by atoms with van der Waals surface area (Å²) in [5.74, 6) is -0.381. The van der Waals surface area contributed by atoms with Gasteiger partial charge in [-0.05, 0) is 36.8 Å². The third kappa shape index (κ3) is 6.11. The lowest BCUT2D eigenvalue weighted by molar-refractivity contribution is -0.121. The van der Waals surface area contributed by atoms with Crippen LogP contribution in [0.15, 0.2) is 48.7 Å². The van der Waals surface area contributed by atoms with Crippen LogP contribution in [0.25, 0.3) is 0 Å². The van der Waals surface area contributed by atoms with Gasteiger partial charge in [-0.2, -0.15) is 0 Å². The lowest BCUT2D eigenvalue weighted by atomic mass is 10.2. The molecule has 2 aromatic heterocycles. The third-order valence-corrected chi connectivity index (χ3v) is 4.95. The van der Waals surface area contributed by atoms with E-state index in [1.807, 2.05) is 18.2 Å². The van der Waals surface area contributed by atoms with Crippen LogP contribution < -0.4 is 10.6 Å². The fraction of sp³-hybridized carbons (Fsp3) is 0.211. The highest BCUT2D eigenvalue weighted by Crippen LogP contribution is 2.18. The number of nitrogens with zero attached hydrogens (tertiary/aromatic N) is 3.